The molecule has 0 fully saturated rings. The number of aromatic amines is 1. The number of rotatable bonds is 4. The monoisotopic (exact) mass is 236 g/mol. The zero-order valence-electron chi connectivity index (χ0n) is 9.32. The highest BCUT2D eigenvalue weighted by molar-refractivity contribution is 5.75. The van der Waals surface area contributed by atoms with Crippen molar-refractivity contribution in [1.29, 1.82) is 5.26 Å². The van der Waals surface area contributed by atoms with Gasteiger partial charge in [0.15, 0.2) is 0 Å². The Morgan fingerprint density at radius 2 is 2.29 bits per heavy atom. The van der Waals surface area contributed by atoms with Crippen molar-refractivity contribution in [2.24, 2.45) is 0 Å². The lowest BCUT2D eigenvalue weighted by Crippen LogP contribution is -2.33. The number of amides is 1. The summed E-state index contributed by atoms with van der Waals surface area (Å²) in [7, 11) is 0. The molecule has 0 aromatic carbocycles. The molecule has 0 bridgehead atoms. The van der Waals surface area contributed by atoms with E-state index in [2.05, 4.69) is 5.32 Å². The Labute approximate surface area is 96.7 Å². The second-order valence-corrected chi connectivity index (χ2v) is 3.31. The Hall–Kier alpha value is -2.36. The molecule has 1 aromatic rings. The quantitative estimate of drug-likeness (QED) is 0.694. The van der Waals surface area contributed by atoms with Gasteiger partial charge in [0.25, 0.3) is 5.56 Å². The normalized spacial score (nSPS) is 9.65. The molecule has 1 rings (SSSR count). The lowest BCUT2D eigenvalue weighted by atomic mass is 10.3. The SMILES string of the molecule is CCNC(=O)CCn1cc(C#N)c(=O)[nH]c1=O. The summed E-state index contributed by atoms with van der Waals surface area (Å²) in [6, 6.07) is 1.67. The van der Waals surface area contributed by atoms with Gasteiger partial charge in [-0.3, -0.25) is 19.1 Å². The van der Waals surface area contributed by atoms with Crippen LogP contribution >= 0.6 is 0 Å². The van der Waals surface area contributed by atoms with Gasteiger partial charge in [-0.1, -0.05) is 0 Å². The Balaban J connectivity index is 2.86. The van der Waals surface area contributed by atoms with E-state index in [1.54, 1.807) is 13.0 Å². The highest BCUT2D eigenvalue weighted by Gasteiger charge is 2.05. The summed E-state index contributed by atoms with van der Waals surface area (Å²) < 4.78 is 1.13. The van der Waals surface area contributed by atoms with Crippen LogP contribution < -0.4 is 16.6 Å². The van der Waals surface area contributed by atoms with Gasteiger partial charge in [-0.25, -0.2) is 4.79 Å². The van der Waals surface area contributed by atoms with Crippen molar-refractivity contribution in [1.82, 2.24) is 14.9 Å². The van der Waals surface area contributed by atoms with Gasteiger partial charge in [-0.15, -0.1) is 0 Å². The smallest absolute Gasteiger partial charge is 0.328 e. The highest BCUT2D eigenvalue weighted by Crippen LogP contribution is 1.89. The Morgan fingerprint density at radius 3 is 2.88 bits per heavy atom. The van der Waals surface area contributed by atoms with E-state index in [1.165, 1.54) is 0 Å². The first-order valence-electron chi connectivity index (χ1n) is 5.09. The molecule has 0 atom stereocenters. The van der Waals surface area contributed by atoms with E-state index < -0.39 is 11.2 Å². The van der Waals surface area contributed by atoms with Crippen molar-refractivity contribution in [2.75, 3.05) is 6.54 Å². The van der Waals surface area contributed by atoms with Crippen molar-refractivity contribution in [3.8, 4) is 6.07 Å². The zero-order valence-corrected chi connectivity index (χ0v) is 9.32. The number of H-pyrrole nitrogens is 1. The Morgan fingerprint density at radius 1 is 1.59 bits per heavy atom. The van der Waals surface area contributed by atoms with Crippen LogP contribution in [0.15, 0.2) is 15.8 Å². The van der Waals surface area contributed by atoms with Gasteiger partial charge in [0.2, 0.25) is 5.91 Å². The van der Waals surface area contributed by atoms with Crippen molar-refractivity contribution >= 4 is 5.91 Å². The minimum Gasteiger partial charge on any atom is -0.356 e. The number of aryl methyl sites for hydroxylation is 1. The molecule has 2 N–H and O–H groups in total. The van der Waals surface area contributed by atoms with Gasteiger partial charge < -0.3 is 5.32 Å². The molecule has 1 heterocycles. The van der Waals surface area contributed by atoms with Crippen LogP contribution in [-0.4, -0.2) is 22.0 Å². The molecule has 1 amide bonds. The van der Waals surface area contributed by atoms with Gasteiger partial charge in [0, 0.05) is 25.7 Å². The number of hydrogen-bond acceptors (Lipinski definition) is 4. The number of nitriles is 1. The third kappa shape index (κ3) is 3.31. The topological polar surface area (TPSA) is 108 Å². The van der Waals surface area contributed by atoms with Gasteiger partial charge in [0.1, 0.15) is 11.6 Å². The first kappa shape index (κ1) is 12.7. The fourth-order valence-electron chi connectivity index (χ4n) is 1.26. The van der Waals surface area contributed by atoms with E-state index in [1.807, 2.05) is 4.98 Å². The van der Waals surface area contributed by atoms with Crippen LogP contribution in [0.2, 0.25) is 0 Å². The van der Waals surface area contributed by atoms with Crippen LogP contribution in [-0.2, 0) is 11.3 Å². The molecule has 7 heteroatoms. The molecule has 7 nitrogen and oxygen atoms in total. The lowest BCUT2D eigenvalue weighted by molar-refractivity contribution is -0.121. The summed E-state index contributed by atoms with van der Waals surface area (Å²) >= 11 is 0. The number of carbonyl (C=O) groups is 1. The third-order valence-electron chi connectivity index (χ3n) is 2.09. The van der Waals surface area contributed by atoms with Crippen LogP contribution in [0.3, 0.4) is 0 Å². The molecule has 0 spiro atoms. The minimum atomic E-state index is -0.716. The van der Waals surface area contributed by atoms with Crippen LogP contribution in [0.5, 0.6) is 0 Å². The molecule has 0 unspecified atom stereocenters. The van der Waals surface area contributed by atoms with Crippen LogP contribution in [0.4, 0.5) is 0 Å². The molecule has 0 aliphatic carbocycles. The van der Waals surface area contributed by atoms with E-state index in [9.17, 15) is 14.4 Å². The summed E-state index contributed by atoms with van der Waals surface area (Å²) in [6.07, 6.45) is 1.27. The maximum Gasteiger partial charge on any atom is 0.328 e. The number of aromatic nitrogens is 2. The molecule has 0 radical (unpaired) electrons. The average Bonchev–Trinajstić information content (AvgIpc) is 2.28. The van der Waals surface area contributed by atoms with Crippen LogP contribution in [0, 0.1) is 11.3 Å². The van der Waals surface area contributed by atoms with Gasteiger partial charge in [-0.2, -0.15) is 5.26 Å². The maximum absolute atomic E-state index is 11.3. The molecule has 1 aromatic heterocycles. The summed E-state index contributed by atoms with van der Waals surface area (Å²) in [5.74, 6) is -0.191. The van der Waals surface area contributed by atoms with Gasteiger partial charge >= 0.3 is 5.69 Å². The summed E-state index contributed by atoms with van der Waals surface area (Å²) in [5.41, 5.74) is -1.49. The van der Waals surface area contributed by atoms with E-state index in [0.717, 1.165) is 10.8 Å². The number of hydrogen-bond donors (Lipinski definition) is 2. The van der Waals surface area contributed by atoms with Crippen molar-refractivity contribution in [2.45, 2.75) is 19.9 Å². The first-order valence-corrected chi connectivity index (χ1v) is 5.09. The predicted octanol–water partition coefficient (Wildman–Crippen LogP) is -1.07. The Bertz CT molecular complexity index is 564. The van der Waals surface area contributed by atoms with E-state index in [4.69, 9.17) is 5.26 Å². The van der Waals surface area contributed by atoms with Crippen LogP contribution in [0.1, 0.15) is 18.9 Å². The van der Waals surface area contributed by atoms with Crippen molar-refractivity contribution < 1.29 is 4.79 Å². The largest absolute Gasteiger partial charge is 0.356 e. The van der Waals surface area contributed by atoms with E-state index in [0.29, 0.717) is 6.54 Å². The molecule has 0 aliphatic rings. The van der Waals surface area contributed by atoms with Gasteiger partial charge in [0.05, 0.1) is 0 Å². The molecule has 17 heavy (non-hydrogen) atoms. The van der Waals surface area contributed by atoms with Crippen molar-refractivity contribution in [3.05, 3.63) is 32.6 Å². The molecule has 0 saturated carbocycles. The van der Waals surface area contributed by atoms with E-state index in [-0.39, 0.29) is 24.4 Å². The fraction of sp³-hybridized carbons (Fsp3) is 0.400. The molecule has 0 aliphatic heterocycles. The molecule has 0 saturated heterocycles. The maximum atomic E-state index is 11.3. The summed E-state index contributed by atoms with van der Waals surface area (Å²) in [5, 5.41) is 11.2. The summed E-state index contributed by atoms with van der Waals surface area (Å²) in [4.78, 5) is 35.6. The second-order valence-electron chi connectivity index (χ2n) is 3.31. The molecular weight excluding hydrogens is 224 g/mol. The Kier molecular flexibility index (Phi) is 4.22. The fourth-order valence-corrected chi connectivity index (χ4v) is 1.26. The predicted molar refractivity (Wildman–Crippen MR) is 59.3 cm³/mol. The average molecular weight is 236 g/mol. The van der Waals surface area contributed by atoms with Gasteiger partial charge in [-0.05, 0) is 6.92 Å². The van der Waals surface area contributed by atoms with E-state index >= 15 is 0 Å². The highest BCUT2D eigenvalue weighted by atomic mass is 16.2. The standard InChI is InChI=1S/C10H12N4O3/c1-2-12-8(15)3-4-14-6-7(5-11)9(16)13-10(14)17/h6H,2-4H2,1H3,(H,12,15)(H,13,16,17). The summed E-state index contributed by atoms with van der Waals surface area (Å²) in [6.45, 7) is 2.43. The third-order valence-corrected chi connectivity index (χ3v) is 2.09. The number of carbonyl (C=O) groups excluding carboxylic acids is 1. The number of nitrogens with zero attached hydrogens (tertiary/aromatic N) is 2. The molecular formula is C10H12N4O3. The minimum absolute atomic E-state index is 0.116. The van der Waals surface area contributed by atoms with Crippen molar-refractivity contribution in [3.63, 3.8) is 0 Å². The first-order chi connectivity index (χ1) is 8.08. The zero-order chi connectivity index (χ0) is 12.8. The lowest BCUT2D eigenvalue weighted by Gasteiger charge is -2.05. The van der Waals surface area contributed by atoms with Crippen LogP contribution in [0.25, 0.3) is 0 Å². The number of nitrogens with one attached hydrogen (secondary N) is 2. The molecule has 90 valence electrons. The second kappa shape index (κ2) is 5.65.